The van der Waals surface area contributed by atoms with Crippen molar-refractivity contribution in [3.05, 3.63) is 114 Å². The van der Waals surface area contributed by atoms with Crippen molar-refractivity contribution in [2.24, 2.45) is 0 Å². The third-order valence-corrected chi connectivity index (χ3v) is 6.61. The fourth-order valence-corrected chi connectivity index (χ4v) is 4.78. The van der Waals surface area contributed by atoms with Crippen molar-refractivity contribution in [1.29, 1.82) is 0 Å². The first-order chi connectivity index (χ1) is 19.2. The number of aromatic amines is 1. The fraction of sp³-hybridized carbons (Fsp3) is 0.133. The Morgan fingerprint density at radius 2 is 1.77 bits per heavy atom. The molecular weight excluding hydrogens is 483 g/mol. The lowest BCUT2D eigenvalue weighted by molar-refractivity contribution is 0.670. The van der Waals surface area contributed by atoms with E-state index in [9.17, 15) is 0 Å². The number of aromatic nitrogens is 6. The minimum absolute atomic E-state index is 0.565. The van der Waals surface area contributed by atoms with Crippen LogP contribution >= 0.6 is 0 Å². The molecule has 0 amide bonds. The molecule has 0 aliphatic heterocycles. The number of benzene rings is 2. The molecule has 0 saturated heterocycles. The number of nitrogens with zero attached hydrogens (tertiary/aromatic N) is 5. The highest BCUT2D eigenvalue weighted by Gasteiger charge is 2.16. The van der Waals surface area contributed by atoms with Gasteiger partial charge in [-0.2, -0.15) is 5.10 Å². The second-order valence-electron chi connectivity index (χ2n) is 9.39. The first kappa shape index (κ1) is 24.7. The van der Waals surface area contributed by atoms with Crippen molar-refractivity contribution < 1.29 is 0 Å². The molecule has 2 radical (unpaired) electrons. The van der Waals surface area contributed by atoms with Crippen LogP contribution in [0.1, 0.15) is 22.6 Å². The molecule has 8 nitrogen and oxygen atoms in total. The average Bonchev–Trinajstić information content (AvgIpc) is 3.61. The summed E-state index contributed by atoms with van der Waals surface area (Å²) in [5.41, 5.74) is 9.92. The van der Waals surface area contributed by atoms with Gasteiger partial charge in [0.2, 0.25) is 0 Å². The van der Waals surface area contributed by atoms with Crippen LogP contribution in [0.15, 0.2) is 91.4 Å². The molecule has 0 saturated carbocycles. The van der Waals surface area contributed by atoms with E-state index in [-0.39, 0.29) is 0 Å². The zero-order chi connectivity index (χ0) is 26.6. The summed E-state index contributed by atoms with van der Waals surface area (Å²) in [6.45, 7) is 3.87. The zero-order valence-electron chi connectivity index (χ0n) is 21.6. The molecule has 0 unspecified atom stereocenters. The summed E-state index contributed by atoms with van der Waals surface area (Å²) in [4.78, 5) is 17.5. The minimum Gasteiger partial charge on any atom is -0.363 e. The van der Waals surface area contributed by atoms with Crippen LogP contribution in [-0.2, 0) is 19.6 Å². The molecule has 4 heterocycles. The molecule has 0 aliphatic carbocycles. The van der Waals surface area contributed by atoms with Gasteiger partial charge in [-0.1, -0.05) is 48.5 Å². The van der Waals surface area contributed by atoms with Gasteiger partial charge >= 0.3 is 0 Å². The Kier molecular flexibility index (Phi) is 6.99. The van der Waals surface area contributed by atoms with Gasteiger partial charge in [0, 0.05) is 30.5 Å². The summed E-state index contributed by atoms with van der Waals surface area (Å²) in [5.74, 6) is 0.829. The van der Waals surface area contributed by atoms with Gasteiger partial charge in [0.15, 0.2) is 13.6 Å². The van der Waals surface area contributed by atoms with Crippen LogP contribution in [0.5, 0.6) is 0 Å². The monoisotopic (exact) mass is 510 g/mol. The van der Waals surface area contributed by atoms with Crippen LogP contribution in [0.2, 0.25) is 0 Å². The number of nitrogens with one attached hydrogen (secondary N) is 3. The fourth-order valence-electron chi connectivity index (χ4n) is 4.78. The first-order valence-corrected chi connectivity index (χ1v) is 12.8. The van der Waals surface area contributed by atoms with Crippen molar-refractivity contribution >= 4 is 13.6 Å². The molecule has 190 valence electrons. The molecule has 0 spiro atoms. The lowest BCUT2D eigenvalue weighted by Crippen LogP contribution is -2.14. The molecule has 0 bridgehead atoms. The van der Waals surface area contributed by atoms with Crippen LogP contribution in [0.3, 0.4) is 0 Å². The Balaban J connectivity index is 1.27. The molecule has 39 heavy (non-hydrogen) atoms. The van der Waals surface area contributed by atoms with Gasteiger partial charge in [-0.25, -0.2) is 14.5 Å². The van der Waals surface area contributed by atoms with E-state index in [0.717, 1.165) is 50.9 Å². The lowest BCUT2D eigenvalue weighted by Gasteiger charge is -2.12. The Bertz CT molecular complexity index is 1740. The molecule has 0 atom stereocenters. The molecule has 9 heteroatoms. The first-order valence-electron chi connectivity index (χ1n) is 12.8. The minimum atomic E-state index is 0.565. The number of H-pyrrole nitrogens is 1. The van der Waals surface area contributed by atoms with Crippen molar-refractivity contribution in [3.63, 3.8) is 0 Å². The van der Waals surface area contributed by atoms with Gasteiger partial charge in [0.25, 0.3) is 0 Å². The second kappa shape index (κ2) is 11.0. The van der Waals surface area contributed by atoms with Crippen molar-refractivity contribution in [1.82, 2.24) is 40.1 Å². The molecule has 6 rings (SSSR count). The third kappa shape index (κ3) is 5.36. The molecule has 0 fully saturated rings. The topological polar surface area (TPSA) is 95.8 Å². The number of fused-ring (bicyclic) bond motifs is 1. The highest BCUT2D eigenvalue weighted by molar-refractivity contribution is 6.04. The van der Waals surface area contributed by atoms with Gasteiger partial charge in [-0.3, -0.25) is 4.98 Å². The molecule has 3 N–H and O–H groups in total. The van der Waals surface area contributed by atoms with Gasteiger partial charge in [0.05, 0.1) is 23.6 Å². The zero-order valence-corrected chi connectivity index (χ0v) is 21.6. The predicted octanol–water partition coefficient (Wildman–Crippen LogP) is 4.62. The molecule has 4 aromatic heterocycles. The van der Waals surface area contributed by atoms with Gasteiger partial charge in [-0.15, -0.1) is 0 Å². The number of pyridine rings is 2. The standard InChI is InChI=1S/C30H27BN8/c1-20-6-4-11-26(36-20)30-29(24-12-13-28-33-19-35-39(28)18-24)37-27(38-30)17-32-16-23-8-2-3-10-25(23)22-9-5-7-21(14-22)15-34-31/h2-14,18-19,32,34H,15-17H2,1H3,(H,37,38). The van der Waals surface area contributed by atoms with E-state index in [4.69, 9.17) is 17.9 Å². The van der Waals surface area contributed by atoms with Crippen LogP contribution in [0.4, 0.5) is 0 Å². The normalized spacial score (nSPS) is 11.3. The average molecular weight is 510 g/mol. The maximum atomic E-state index is 5.53. The summed E-state index contributed by atoms with van der Waals surface area (Å²) in [6, 6.07) is 26.8. The van der Waals surface area contributed by atoms with E-state index in [0.29, 0.717) is 19.6 Å². The van der Waals surface area contributed by atoms with Crippen LogP contribution in [0, 0.1) is 6.92 Å². The Morgan fingerprint density at radius 3 is 2.67 bits per heavy atom. The number of hydrogen-bond donors (Lipinski definition) is 3. The number of rotatable bonds is 9. The number of aryl methyl sites for hydroxylation is 1. The van der Waals surface area contributed by atoms with Crippen molar-refractivity contribution in [2.75, 3.05) is 0 Å². The summed E-state index contributed by atoms with van der Waals surface area (Å²) in [6.07, 6.45) is 3.49. The second-order valence-corrected chi connectivity index (χ2v) is 9.39. The lowest BCUT2D eigenvalue weighted by atomic mass is 9.98. The Hall–Kier alpha value is -4.60. The van der Waals surface area contributed by atoms with E-state index < -0.39 is 0 Å². The number of hydrogen-bond acceptors (Lipinski definition) is 6. The highest BCUT2D eigenvalue weighted by atomic mass is 15.3. The molecule has 6 aromatic rings. The summed E-state index contributed by atoms with van der Waals surface area (Å²) < 4.78 is 1.75. The van der Waals surface area contributed by atoms with E-state index in [1.54, 1.807) is 10.8 Å². The predicted molar refractivity (Wildman–Crippen MR) is 154 cm³/mol. The summed E-state index contributed by atoms with van der Waals surface area (Å²) in [5, 5.41) is 10.6. The van der Waals surface area contributed by atoms with Gasteiger partial charge in [0.1, 0.15) is 12.2 Å². The van der Waals surface area contributed by atoms with E-state index >= 15 is 0 Å². The van der Waals surface area contributed by atoms with Crippen molar-refractivity contribution in [3.8, 4) is 33.8 Å². The molecular formula is C30H27BN8. The van der Waals surface area contributed by atoms with E-state index in [1.165, 1.54) is 11.1 Å². The van der Waals surface area contributed by atoms with Gasteiger partial charge < -0.3 is 15.5 Å². The molecule has 0 aliphatic rings. The summed E-state index contributed by atoms with van der Waals surface area (Å²) >= 11 is 0. The van der Waals surface area contributed by atoms with E-state index in [1.807, 2.05) is 43.5 Å². The van der Waals surface area contributed by atoms with Gasteiger partial charge in [-0.05, 0) is 59.5 Å². The summed E-state index contributed by atoms with van der Waals surface area (Å²) in [7, 11) is 5.53. The van der Waals surface area contributed by atoms with E-state index in [2.05, 4.69) is 74.1 Å². The van der Waals surface area contributed by atoms with Crippen LogP contribution in [-0.4, -0.2) is 37.5 Å². The maximum absolute atomic E-state index is 5.53. The Morgan fingerprint density at radius 1 is 0.872 bits per heavy atom. The third-order valence-electron chi connectivity index (χ3n) is 6.61. The maximum Gasteiger partial charge on any atom is 0.178 e. The van der Waals surface area contributed by atoms with Crippen LogP contribution in [0.25, 0.3) is 39.4 Å². The largest absolute Gasteiger partial charge is 0.363 e. The smallest absolute Gasteiger partial charge is 0.178 e. The SMILES string of the molecule is [B]NCc1cccc(-c2ccccc2CNCc2nc(-c3ccc4ncnn4c3)c(-c3cccc(C)n3)[nH]2)c1. The molecule has 2 aromatic carbocycles. The van der Waals surface area contributed by atoms with Crippen molar-refractivity contribution in [2.45, 2.75) is 26.6 Å². The number of imidazole rings is 1. The highest BCUT2D eigenvalue weighted by Crippen LogP contribution is 2.30. The quantitative estimate of drug-likeness (QED) is 0.246. The van der Waals surface area contributed by atoms with Crippen LogP contribution < -0.4 is 10.5 Å². The Labute approximate surface area is 228 Å².